The van der Waals surface area contributed by atoms with Gasteiger partial charge in [0.2, 0.25) is 0 Å². The Hall–Kier alpha value is -1.94. The number of hydrogen-bond donors (Lipinski definition) is 0. The predicted octanol–water partition coefficient (Wildman–Crippen LogP) is 3.53. The highest BCUT2D eigenvalue weighted by Gasteiger charge is 2.36. The van der Waals surface area contributed by atoms with Gasteiger partial charge in [-0.25, -0.2) is 0 Å². The topological polar surface area (TPSA) is 37.4 Å². The van der Waals surface area contributed by atoms with Crippen LogP contribution in [-0.2, 0) is 11.2 Å². The largest absolute Gasteiger partial charge is 0.304 e. The Labute approximate surface area is 131 Å². The fourth-order valence-corrected chi connectivity index (χ4v) is 3.28. The average Bonchev–Trinajstić information content (AvgIpc) is 2.71. The van der Waals surface area contributed by atoms with E-state index in [2.05, 4.69) is 15.9 Å². The Balaban J connectivity index is 1.91. The monoisotopic (exact) mass is 343 g/mol. The number of amides is 1. The number of aryl methyl sites for hydroxylation is 1. The SMILES string of the molecule is Cc1cc(Br)cc2c1N(CCc1ccccc1)C(=O)C2=O. The van der Waals surface area contributed by atoms with Crippen LogP contribution in [0.25, 0.3) is 0 Å². The van der Waals surface area contributed by atoms with Crippen LogP contribution < -0.4 is 4.90 Å². The molecule has 1 aliphatic heterocycles. The van der Waals surface area contributed by atoms with Crippen molar-refractivity contribution in [3.05, 3.63) is 63.6 Å². The minimum absolute atomic E-state index is 0.414. The lowest BCUT2D eigenvalue weighted by Gasteiger charge is -2.18. The van der Waals surface area contributed by atoms with Gasteiger partial charge in [-0.1, -0.05) is 46.3 Å². The summed E-state index contributed by atoms with van der Waals surface area (Å²) in [5.74, 6) is -0.843. The van der Waals surface area contributed by atoms with Gasteiger partial charge in [0.25, 0.3) is 11.7 Å². The van der Waals surface area contributed by atoms with Crippen molar-refractivity contribution in [2.75, 3.05) is 11.4 Å². The molecule has 0 unspecified atom stereocenters. The lowest BCUT2D eigenvalue weighted by molar-refractivity contribution is -0.114. The minimum Gasteiger partial charge on any atom is -0.304 e. The van der Waals surface area contributed by atoms with Crippen LogP contribution in [0.2, 0.25) is 0 Å². The molecule has 2 aromatic rings. The van der Waals surface area contributed by atoms with Gasteiger partial charge in [0.05, 0.1) is 11.3 Å². The van der Waals surface area contributed by atoms with Crippen molar-refractivity contribution in [2.45, 2.75) is 13.3 Å². The second-order valence-corrected chi connectivity index (χ2v) is 6.06. The molecule has 21 heavy (non-hydrogen) atoms. The number of hydrogen-bond acceptors (Lipinski definition) is 2. The number of carbonyl (C=O) groups is 2. The highest BCUT2D eigenvalue weighted by Crippen LogP contribution is 2.35. The summed E-state index contributed by atoms with van der Waals surface area (Å²) in [4.78, 5) is 25.9. The van der Waals surface area contributed by atoms with E-state index >= 15 is 0 Å². The maximum Gasteiger partial charge on any atom is 0.299 e. The molecule has 0 radical (unpaired) electrons. The van der Waals surface area contributed by atoms with Crippen LogP contribution in [0.1, 0.15) is 21.5 Å². The molecule has 1 aliphatic rings. The van der Waals surface area contributed by atoms with E-state index in [1.54, 1.807) is 11.0 Å². The minimum atomic E-state index is -0.429. The first kappa shape index (κ1) is 14.0. The van der Waals surface area contributed by atoms with E-state index in [0.717, 1.165) is 27.7 Å². The van der Waals surface area contributed by atoms with E-state index in [-0.39, 0.29) is 0 Å². The molecule has 2 aromatic carbocycles. The van der Waals surface area contributed by atoms with Crippen LogP contribution in [-0.4, -0.2) is 18.2 Å². The number of fused-ring (bicyclic) bond motifs is 1. The fourth-order valence-electron chi connectivity index (χ4n) is 2.71. The second-order valence-electron chi connectivity index (χ2n) is 5.14. The molecule has 0 saturated carbocycles. The van der Waals surface area contributed by atoms with Gasteiger partial charge in [-0.05, 0) is 36.6 Å². The van der Waals surface area contributed by atoms with E-state index in [1.807, 2.05) is 43.3 Å². The molecule has 1 amide bonds. The van der Waals surface area contributed by atoms with E-state index < -0.39 is 11.7 Å². The van der Waals surface area contributed by atoms with Crippen molar-refractivity contribution in [1.82, 2.24) is 0 Å². The number of halogens is 1. The normalized spacial score (nSPS) is 13.7. The van der Waals surface area contributed by atoms with Crippen LogP contribution in [0.3, 0.4) is 0 Å². The fraction of sp³-hybridized carbons (Fsp3) is 0.176. The number of ketones is 1. The molecule has 0 aromatic heterocycles. The van der Waals surface area contributed by atoms with Crippen molar-refractivity contribution in [3.8, 4) is 0 Å². The zero-order valence-electron chi connectivity index (χ0n) is 11.6. The number of Topliss-reactive ketones (excluding diaryl/α,β-unsaturated/α-hetero) is 1. The maximum absolute atomic E-state index is 12.2. The summed E-state index contributed by atoms with van der Waals surface area (Å²) in [5, 5.41) is 0. The van der Waals surface area contributed by atoms with Crippen molar-refractivity contribution in [3.63, 3.8) is 0 Å². The van der Waals surface area contributed by atoms with Gasteiger partial charge in [0.1, 0.15) is 0 Å². The molecule has 1 heterocycles. The number of anilines is 1. The summed E-state index contributed by atoms with van der Waals surface area (Å²) in [6, 6.07) is 13.6. The van der Waals surface area contributed by atoms with Crippen molar-refractivity contribution in [1.29, 1.82) is 0 Å². The molecule has 0 atom stereocenters. The first-order valence-electron chi connectivity index (χ1n) is 6.78. The Kier molecular flexibility index (Phi) is 3.64. The number of benzene rings is 2. The standard InChI is InChI=1S/C17H14BrNO2/c1-11-9-13(18)10-14-15(11)19(17(21)16(14)20)8-7-12-5-3-2-4-6-12/h2-6,9-10H,7-8H2,1H3. The molecule has 106 valence electrons. The summed E-state index contributed by atoms with van der Waals surface area (Å²) in [7, 11) is 0. The highest BCUT2D eigenvalue weighted by molar-refractivity contribution is 9.10. The number of carbonyl (C=O) groups excluding carboxylic acids is 2. The van der Waals surface area contributed by atoms with Gasteiger partial charge in [0.15, 0.2) is 0 Å². The highest BCUT2D eigenvalue weighted by atomic mass is 79.9. The molecule has 0 fully saturated rings. The Morgan fingerprint density at radius 3 is 2.52 bits per heavy atom. The average molecular weight is 344 g/mol. The molecule has 3 rings (SSSR count). The van der Waals surface area contributed by atoms with E-state index in [1.165, 1.54) is 0 Å². The third kappa shape index (κ3) is 2.51. The molecular weight excluding hydrogens is 330 g/mol. The maximum atomic E-state index is 12.2. The van der Waals surface area contributed by atoms with Gasteiger partial charge in [-0.3, -0.25) is 9.59 Å². The van der Waals surface area contributed by atoms with Crippen molar-refractivity contribution in [2.24, 2.45) is 0 Å². The summed E-state index contributed by atoms with van der Waals surface area (Å²) in [6.07, 6.45) is 0.731. The molecule has 0 aliphatic carbocycles. The molecule has 0 saturated heterocycles. The zero-order valence-corrected chi connectivity index (χ0v) is 13.2. The lowest BCUT2D eigenvalue weighted by Crippen LogP contribution is -2.32. The molecule has 0 spiro atoms. The van der Waals surface area contributed by atoms with Gasteiger partial charge in [0, 0.05) is 11.0 Å². The summed E-state index contributed by atoms with van der Waals surface area (Å²) >= 11 is 3.38. The second kappa shape index (κ2) is 5.45. The smallest absolute Gasteiger partial charge is 0.299 e. The van der Waals surface area contributed by atoms with Gasteiger partial charge in [-0.15, -0.1) is 0 Å². The molecular formula is C17H14BrNO2. The Bertz CT molecular complexity index is 725. The molecule has 3 nitrogen and oxygen atoms in total. The van der Waals surface area contributed by atoms with Crippen LogP contribution in [0.5, 0.6) is 0 Å². The van der Waals surface area contributed by atoms with Crippen LogP contribution in [0, 0.1) is 6.92 Å². The summed E-state index contributed by atoms with van der Waals surface area (Å²) in [5.41, 5.74) is 3.34. The lowest BCUT2D eigenvalue weighted by atomic mass is 10.1. The quantitative estimate of drug-likeness (QED) is 0.799. The Morgan fingerprint density at radius 2 is 1.81 bits per heavy atom. The van der Waals surface area contributed by atoms with E-state index in [0.29, 0.717) is 12.1 Å². The molecule has 4 heteroatoms. The van der Waals surface area contributed by atoms with Crippen molar-refractivity contribution < 1.29 is 9.59 Å². The first-order chi connectivity index (χ1) is 10.1. The third-order valence-corrected chi connectivity index (χ3v) is 4.14. The van der Waals surface area contributed by atoms with Crippen LogP contribution in [0.15, 0.2) is 46.9 Å². The third-order valence-electron chi connectivity index (χ3n) is 3.69. The molecule has 0 N–H and O–H groups in total. The number of rotatable bonds is 3. The van der Waals surface area contributed by atoms with Gasteiger partial charge >= 0.3 is 0 Å². The van der Waals surface area contributed by atoms with Crippen LogP contribution in [0.4, 0.5) is 5.69 Å². The summed E-state index contributed by atoms with van der Waals surface area (Å²) in [6.45, 7) is 2.44. The first-order valence-corrected chi connectivity index (χ1v) is 7.57. The van der Waals surface area contributed by atoms with E-state index in [9.17, 15) is 9.59 Å². The summed E-state index contributed by atoms with van der Waals surface area (Å²) < 4.78 is 0.824. The Morgan fingerprint density at radius 1 is 1.10 bits per heavy atom. The van der Waals surface area contributed by atoms with E-state index in [4.69, 9.17) is 0 Å². The van der Waals surface area contributed by atoms with Crippen LogP contribution >= 0.6 is 15.9 Å². The predicted molar refractivity (Wildman–Crippen MR) is 85.7 cm³/mol. The zero-order chi connectivity index (χ0) is 15.0. The molecule has 0 bridgehead atoms. The van der Waals surface area contributed by atoms with Gasteiger partial charge < -0.3 is 4.90 Å². The number of nitrogens with zero attached hydrogens (tertiary/aromatic N) is 1. The van der Waals surface area contributed by atoms with Crippen molar-refractivity contribution >= 4 is 33.3 Å². The van der Waals surface area contributed by atoms with Gasteiger partial charge in [-0.2, -0.15) is 0 Å².